The van der Waals surface area contributed by atoms with Gasteiger partial charge in [0.2, 0.25) is 6.79 Å². The smallest absolute Gasteiger partial charge is 0.261 e. The molecule has 0 bridgehead atoms. The average molecular weight is 350 g/mol. The zero-order valence-electron chi connectivity index (χ0n) is 14.3. The highest BCUT2D eigenvalue weighted by Gasteiger charge is 2.14. The number of carbonyl (C=O) groups is 1. The van der Waals surface area contributed by atoms with Crippen LogP contribution >= 0.6 is 0 Å². The summed E-state index contributed by atoms with van der Waals surface area (Å²) < 4.78 is 15.7. The fraction of sp³-hybridized carbons (Fsp3) is 0.200. The number of ether oxygens (including phenoxy) is 3. The monoisotopic (exact) mass is 350 g/mol. The van der Waals surface area contributed by atoms with Gasteiger partial charge in [0.25, 0.3) is 5.91 Å². The molecule has 0 radical (unpaired) electrons. The lowest BCUT2D eigenvalue weighted by atomic mass is 10.1. The lowest BCUT2D eigenvalue weighted by Crippen LogP contribution is -2.26. The quantitative estimate of drug-likeness (QED) is 0.640. The second-order valence-electron chi connectivity index (χ2n) is 5.64. The van der Waals surface area contributed by atoms with Crippen LogP contribution in [-0.4, -0.2) is 26.4 Å². The largest absolute Gasteiger partial charge is 0.497 e. The third-order valence-corrected chi connectivity index (χ3v) is 3.93. The van der Waals surface area contributed by atoms with Crippen LogP contribution in [-0.2, 0) is 11.2 Å². The Hall–Kier alpha value is -3.46. The molecule has 1 aliphatic heterocycles. The summed E-state index contributed by atoms with van der Waals surface area (Å²) >= 11 is 0. The molecule has 0 aromatic heterocycles. The molecule has 2 aromatic rings. The predicted molar refractivity (Wildman–Crippen MR) is 95.9 cm³/mol. The van der Waals surface area contributed by atoms with Crippen LogP contribution in [0.1, 0.15) is 11.1 Å². The van der Waals surface area contributed by atoms with E-state index in [1.54, 1.807) is 25.3 Å². The highest BCUT2D eigenvalue weighted by Crippen LogP contribution is 2.33. The highest BCUT2D eigenvalue weighted by molar-refractivity contribution is 6.01. The number of nitriles is 1. The first-order valence-corrected chi connectivity index (χ1v) is 8.12. The summed E-state index contributed by atoms with van der Waals surface area (Å²) in [5, 5.41) is 12.0. The van der Waals surface area contributed by atoms with Crippen molar-refractivity contribution in [3.8, 4) is 23.3 Å². The van der Waals surface area contributed by atoms with Crippen molar-refractivity contribution in [3.63, 3.8) is 0 Å². The minimum absolute atomic E-state index is 0.0404. The molecule has 6 nitrogen and oxygen atoms in total. The van der Waals surface area contributed by atoms with E-state index in [2.05, 4.69) is 5.32 Å². The molecule has 3 rings (SSSR count). The highest BCUT2D eigenvalue weighted by atomic mass is 16.7. The van der Waals surface area contributed by atoms with E-state index in [0.29, 0.717) is 30.0 Å². The summed E-state index contributed by atoms with van der Waals surface area (Å²) in [6.45, 7) is 0.616. The molecule has 1 N–H and O–H groups in total. The van der Waals surface area contributed by atoms with Crippen LogP contribution in [0.4, 0.5) is 0 Å². The average Bonchev–Trinajstić information content (AvgIpc) is 3.14. The van der Waals surface area contributed by atoms with Gasteiger partial charge in [0.05, 0.1) is 7.11 Å². The van der Waals surface area contributed by atoms with Crippen molar-refractivity contribution in [1.82, 2.24) is 5.32 Å². The first kappa shape index (κ1) is 17.4. The molecule has 0 unspecified atom stereocenters. The third-order valence-electron chi connectivity index (χ3n) is 3.93. The summed E-state index contributed by atoms with van der Waals surface area (Å²) in [7, 11) is 1.62. The predicted octanol–water partition coefficient (Wildman–Crippen LogP) is 2.69. The van der Waals surface area contributed by atoms with Crippen LogP contribution in [0.3, 0.4) is 0 Å². The molecule has 0 atom stereocenters. The van der Waals surface area contributed by atoms with Gasteiger partial charge in [-0.25, -0.2) is 0 Å². The van der Waals surface area contributed by atoms with Gasteiger partial charge in [-0.3, -0.25) is 4.79 Å². The molecule has 1 aliphatic rings. The molecule has 0 saturated carbocycles. The van der Waals surface area contributed by atoms with E-state index in [1.807, 2.05) is 30.3 Å². The van der Waals surface area contributed by atoms with E-state index in [0.717, 1.165) is 11.3 Å². The zero-order chi connectivity index (χ0) is 18.4. The minimum atomic E-state index is -0.404. The molecule has 26 heavy (non-hydrogen) atoms. The molecule has 1 heterocycles. The molecule has 0 aliphatic carbocycles. The number of hydrogen-bond donors (Lipinski definition) is 1. The van der Waals surface area contributed by atoms with Crippen molar-refractivity contribution >= 4 is 12.0 Å². The van der Waals surface area contributed by atoms with Gasteiger partial charge in [0, 0.05) is 6.54 Å². The van der Waals surface area contributed by atoms with Crippen LogP contribution in [0.15, 0.2) is 48.0 Å². The Morgan fingerprint density at radius 1 is 1.23 bits per heavy atom. The number of hydrogen-bond acceptors (Lipinski definition) is 5. The Morgan fingerprint density at radius 2 is 2.00 bits per heavy atom. The van der Waals surface area contributed by atoms with Crippen molar-refractivity contribution in [2.24, 2.45) is 0 Å². The summed E-state index contributed by atoms with van der Waals surface area (Å²) in [5.74, 6) is 1.65. The van der Waals surface area contributed by atoms with E-state index in [4.69, 9.17) is 14.2 Å². The van der Waals surface area contributed by atoms with E-state index >= 15 is 0 Å². The van der Waals surface area contributed by atoms with E-state index in [9.17, 15) is 10.1 Å². The Bertz CT molecular complexity index is 866. The number of fused-ring (bicyclic) bond motifs is 1. The molecule has 6 heteroatoms. The molecular formula is C20H18N2O4. The number of carbonyl (C=O) groups excluding carboxylic acids is 1. The lowest BCUT2D eigenvalue weighted by molar-refractivity contribution is -0.117. The lowest BCUT2D eigenvalue weighted by Gasteiger charge is -2.06. The molecule has 0 spiro atoms. The van der Waals surface area contributed by atoms with E-state index in [-0.39, 0.29) is 12.4 Å². The second-order valence-corrected chi connectivity index (χ2v) is 5.64. The van der Waals surface area contributed by atoms with Gasteiger partial charge in [-0.05, 0) is 47.9 Å². The Labute approximate surface area is 151 Å². The summed E-state index contributed by atoms with van der Waals surface area (Å²) in [5.41, 5.74) is 1.82. The number of rotatable bonds is 6. The topological polar surface area (TPSA) is 80.6 Å². The van der Waals surface area contributed by atoms with Crippen LogP contribution in [0.25, 0.3) is 6.08 Å². The summed E-state index contributed by atoms with van der Waals surface area (Å²) in [6.07, 6.45) is 2.20. The van der Waals surface area contributed by atoms with Crippen LogP contribution < -0.4 is 19.5 Å². The molecule has 1 amide bonds. The minimum Gasteiger partial charge on any atom is -0.497 e. The van der Waals surface area contributed by atoms with Gasteiger partial charge in [0.1, 0.15) is 17.4 Å². The third kappa shape index (κ3) is 4.14. The van der Waals surface area contributed by atoms with Gasteiger partial charge in [-0.1, -0.05) is 18.2 Å². The first-order chi connectivity index (χ1) is 12.7. The first-order valence-electron chi connectivity index (χ1n) is 8.12. The van der Waals surface area contributed by atoms with Gasteiger partial charge in [-0.2, -0.15) is 5.26 Å². The van der Waals surface area contributed by atoms with Crippen LogP contribution in [0, 0.1) is 11.3 Å². The Morgan fingerprint density at radius 3 is 2.73 bits per heavy atom. The maximum Gasteiger partial charge on any atom is 0.261 e. The maximum atomic E-state index is 12.2. The fourth-order valence-electron chi connectivity index (χ4n) is 2.53. The number of benzene rings is 2. The van der Waals surface area contributed by atoms with Crippen molar-refractivity contribution in [3.05, 3.63) is 59.2 Å². The summed E-state index contributed by atoms with van der Waals surface area (Å²) in [6, 6.07) is 14.8. The number of methoxy groups -OCH3 is 1. The Balaban J connectivity index is 1.59. The zero-order valence-corrected chi connectivity index (χ0v) is 14.3. The van der Waals surface area contributed by atoms with E-state index < -0.39 is 5.91 Å². The molecule has 2 aromatic carbocycles. The number of nitrogens with one attached hydrogen (secondary N) is 1. The molecule has 132 valence electrons. The molecule has 0 saturated heterocycles. The number of nitrogens with zero attached hydrogens (tertiary/aromatic N) is 1. The van der Waals surface area contributed by atoms with E-state index in [1.165, 1.54) is 6.08 Å². The van der Waals surface area contributed by atoms with Gasteiger partial charge in [0.15, 0.2) is 11.5 Å². The molecular weight excluding hydrogens is 332 g/mol. The number of amides is 1. The van der Waals surface area contributed by atoms with Gasteiger partial charge < -0.3 is 19.5 Å². The summed E-state index contributed by atoms with van der Waals surface area (Å²) in [4.78, 5) is 12.2. The van der Waals surface area contributed by atoms with Crippen molar-refractivity contribution in [1.29, 1.82) is 5.26 Å². The van der Waals surface area contributed by atoms with Crippen molar-refractivity contribution in [2.45, 2.75) is 6.42 Å². The SMILES string of the molecule is COc1ccc(CCNC(=O)C(C#N)=Cc2ccc3c(c2)OCO3)cc1. The van der Waals surface area contributed by atoms with Crippen LogP contribution in [0.5, 0.6) is 17.2 Å². The standard InChI is InChI=1S/C20H18N2O4/c1-24-17-5-2-14(3-6-17)8-9-22-20(23)16(12-21)10-15-4-7-18-19(11-15)26-13-25-18/h2-7,10-11H,8-9,13H2,1H3,(H,22,23). The van der Waals surface area contributed by atoms with Crippen LogP contribution in [0.2, 0.25) is 0 Å². The van der Waals surface area contributed by atoms with Crippen molar-refractivity contribution in [2.75, 3.05) is 20.4 Å². The Kier molecular flexibility index (Phi) is 5.40. The van der Waals surface area contributed by atoms with Gasteiger partial charge in [-0.15, -0.1) is 0 Å². The fourth-order valence-corrected chi connectivity index (χ4v) is 2.53. The van der Waals surface area contributed by atoms with Gasteiger partial charge >= 0.3 is 0 Å². The normalized spacial score (nSPS) is 12.4. The maximum absolute atomic E-state index is 12.2. The van der Waals surface area contributed by atoms with Crippen molar-refractivity contribution < 1.29 is 19.0 Å². The molecule has 0 fully saturated rings. The second kappa shape index (κ2) is 8.08.